The normalized spacial score (nSPS) is 14.1. The molecule has 2 nitrogen and oxygen atoms in total. The van der Waals surface area contributed by atoms with Crippen molar-refractivity contribution in [2.75, 3.05) is 6.61 Å². The van der Waals surface area contributed by atoms with E-state index in [0.29, 0.717) is 10.9 Å². The quantitative estimate of drug-likeness (QED) is 0.709. The standard InChI is InChI=1S/C17H28ClNO/c1-4-6-8-14(5-2)12-20-17-15(11-13(3)19)9-7-10-16(17)18/h7,9-10,13-14H,4-6,8,11-12,19H2,1-3H3. The van der Waals surface area contributed by atoms with Crippen LogP contribution < -0.4 is 10.5 Å². The molecule has 0 saturated heterocycles. The van der Waals surface area contributed by atoms with Crippen LogP contribution in [0.5, 0.6) is 5.75 Å². The summed E-state index contributed by atoms with van der Waals surface area (Å²) in [6.45, 7) is 7.19. The SMILES string of the molecule is CCCCC(CC)COc1c(Cl)cccc1CC(C)N. The zero-order valence-corrected chi connectivity index (χ0v) is 13.7. The maximum Gasteiger partial charge on any atom is 0.141 e. The summed E-state index contributed by atoms with van der Waals surface area (Å²) in [6.07, 6.45) is 5.66. The van der Waals surface area contributed by atoms with E-state index in [1.807, 2.05) is 19.1 Å². The van der Waals surface area contributed by atoms with Crippen molar-refractivity contribution in [3.63, 3.8) is 0 Å². The second-order valence-electron chi connectivity index (χ2n) is 5.64. The maximum atomic E-state index is 6.28. The summed E-state index contributed by atoms with van der Waals surface area (Å²) < 4.78 is 6.03. The summed E-state index contributed by atoms with van der Waals surface area (Å²) >= 11 is 6.28. The molecule has 1 aromatic rings. The molecule has 1 aromatic carbocycles. The maximum absolute atomic E-state index is 6.28. The van der Waals surface area contributed by atoms with Gasteiger partial charge < -0.3 is 10.5 Å². The molecule has 2 unspecified atom stereocenters. The number of hydrogen-bond acceptors (Lipinski definition) is 2. The third-order valence-corrected chi connectivity index (χ3v) is 3.89. The molecular formula is C17H28ClNO. The van der Waals surface area contributed by atoms with Crippen LogP contribution in [0.3, 0.4) is 0 Å². The third-order valence-electron chi connectivity index (χ3n) is 3.60. The minimum Gasteiger partial charge on any atom is -0.491 e. The molecular weight excluding hydrogens is 270 g/mol. The van der Waals surface area contributed by atoms with Gasteiger partial charge in [-0.15, -0.1) is 0 Å². The molecule has 2 atom stereocenters. The Morgan fingerprint density at radius 2 is 2.05 bits per heavy atom. The summed E-state index contributed by atoms with van der Waals surface area (Å²) in [5, 5.41) is 0.688. The van der Waals surface area contributed by atoms with E-state index in [4.69, 9.17) is 22.1 Å². The topological polar surface area (TPSA) is 35.2 Å². The number of para-hydroxylation sites is 1. The zero-order valence-electron chi connectivity index (χ0n) is 13.0. The van der Waals surface area contributed by atoms with Crippen LogP contribution in [-0.4, -0.2) is 12.6 Å². The highest BCUT2D eigenvalue weighted by molar-refractivity contribution is 6.32. The molecule has 0 saturated carbocycles. The highest BCUT2D eigenvalue weighted by Crippen LogP contribution is 2.30. The number of hydrogen-bond donors (Lipinski definition) is 1. The summed E-state index contributed by atoms with van der Waals surface area (Å²) in [5.41, 5.74) is 7.00. The highest BCUT2D eigenvalue weighted by Gasteiger charge is 2.13. The number of nitrogens with two attached hydrogens (primary N) is 1. The Bertz CT molecular complexity index is 393. The van der Waals surface area contributed by atoms with Crippen LogP contribution in [0.2, 0.25) is 5.02 Å². The summed E-state index contributed by atoms with van der Waals surface area (Å²) in [6, 6.07) is 6.01. The van der Waals surface area contributed by atoms with Crippen molar-refractivity contribution in [1.29, 1.82) is 0 Å². The molecule has 0 spiro atoms. The highest BCUT2D eigenvalue weighted by atomic mass is 35.5. The van der Waals surface area contributed by atoms with Crippen molar-refractivity contribution in [3.05, 3.63) is 28.8 Å². The lowest BCUT2D eigenvalue weighted by Gasteiger charge is -2.19. The van der Waals surface area contributed by atoms with Crippen molar-refractivity contribution in [3.8, 4) is 5.75 Å². The molecule has 0 aliphatic rings. The average molecular weight is 298 g/mol. The van der Waals surface area contributed by atoms with Crippen molar-refractivity contribution in [2.24, 2.45) is 11.7 Å². The molecule has 20 heavy (non-hydrogen) atoms. The van der Waals surface area contributed by atoms with Gasteiger partial charge in [0, 0.05) is 6.04 Å². The van der Waals surface area contributed by atoms with E-state index in [1.165, 1.54) is 19.3 Å². The third kappa shape index (κ3) is 5.72. The first-order valence-electron chi connectivity index (χ1n) is 7.74. The average Bonchev–Trinajstić information content (AvgIpc) is 2.40. The Labute approximate surface area is 128 Å². The Balaban J connectivity index is 2.70. The molecule has 0 fully saturated rings. The number of ether oxygens (including phenoxy) is 1. The Kier molecular flexibility index (Phi) is 8.01. The second kappa shape index (κ2) is 9.25. The number of halogens is 1. The predicted molar refractivity (Wildman–Crippen MR) is 87.6 cm³/mol. The van der Waals surface area contributed by atoms with Gasteiger partial charge in [0.1, 0.15) is 5.75 Å². The van der Waals surface area contributed by atoms with Gasteiger partial charge >= 0.3 is 0 Å². The first-order chi connectivity index (χ1) is 9.58. The summed E-state index contributed by atoms with van der Waals surface area (Å²) in [5.74, 6) is 1.43. The van der Waals surface area contributed by atoms with Gasteiger partial charge in [-0.2, -0.15) is 0 Å². The molecule has 114 valence electrons. The van der Waals surface area contributed by atoms with Crippen LogP contribution in [-0.2, 0) is 6.42 Å². The van der Waals surface area contributed by atoms with Crippen LogP contribution in [0, 0.1) is 5.92 Å². The lowest BCUT2D eigenvalue weighted by atomic mass is 10.0. The van der Waals surface area contributed by atoms with Gasteiger partial charge in [0.2, 0.25) is 0 Å². The van der Waals surface area contributed by atoms with Crippen LogP contribution in [0.4, 0.5) is 0 Å². The smallest absolute Gasteiger partial charge is 0.141 e. The molecule has 0 heterocycles. The van der Waals surface area contributed by atoms with Crippen molar-refractivity contribution < 1.29 is 4.74 Å². The fourth-order valence-electron chi connectivity index (χ4n) is 2.32. The monoisotopic (exact) mass is 297 g/mol. The van der Waals surface area contributed by atoms with E-state index < -0.39 is 0 Å². The van der Waals surface area contributed by atoms with E-state index in [1.54, 1.807) is 0 Å². The van der Waals surface area contributed by atoms with Gasteiger partial charge in [-0.05, 0) is 37.3 Å². The largest absolute Gasteiger partial charge is 0.491 e. The fourth-order valence-corrected chi connectivity index (χ4v) is 2.57. The molecule has 2 N–H and O–H groups in total. The molecule has 0 aromatic heterocycles. The van der Waals surface area contributed by atoms with E-state index in [9.17, 15) is 0 Å². The van der Waals surface area contributed by atoms with E-state index >= 15 is 0 Å². The molecule has 0 radical (unpaired) electrons. The van der Waals surface area contributed by atoms with E-state index in [2.05, 4.69) is 19.9 Å². The first-order valence-corrected chi connectivity index (χ1v) is 8.12. The fraction of sp³-hybridized carbons (Fsp3) is 0.647. The zero-order chi connectivity index (χ0) is 15.0. The number of rotatable bonds is 9. The molecule has 0 amide bonds. The molecule has 1 rings (SSSR count). The Hall–Kier alpha value is -0.730. The Morgan fingerprint density at radius 3 is 2.65 bits per heavy atom. The summed E-state index contributed by atoms with van der Waals surface area (Å²) in [7, 11) is 0. The van der Waals surface area contributed by atoms with E-state index in [0.717, 1.165) is 30.8 Å². The molecule has 0 aliphatic carbocycles. The molecule has 3 heteroatoms. The van der Waals surface area contributed by atoms with Crippen LogP contribution >= 0.6 is 11.6 Å². The minimum atomic E-state index is 0.109. The second-order valence-corrected chi connectivity index (χ2v) is 6.04. The van der Waals surface area contributed by atoms with Crippen LogP contribution in [0.1, 0.15) is 52.0 Å². The van der Waals surface area contributed by atoms with Crippen LogP contribution in [0.25, 0.3) is 0 Å². The van der Waals surface area contributed by atoms with Crippen molar-refractivity contribution >= 4 is 11.6 Å². The van der Waals surface area contributed by atoms with E-state index in [-0.39, 0.29) is 6.04 Å². The number of unbranched alkanes of at least 4 members (excludes halogenated alkanes) is 1. The lowest BCUT2D eigenvalue weighted by molar-refractivity contribution is 0.231. The number of benzene rings is 1. The van der Waals surface area contributed by atoms with Gasteiger partial charge in [0.15, 0.2) is 0 Å². The minimum absolute atomic E-state index is 0.109. The van der Waals surface area contributed by atoms with Gasteiger partial charge in [-0.1, -0.05) is 56.8 Å². The Morgan fingerprint density at radius 1 is 1.30 bits per heavy atom. The molecule has 0 aliphatic heterocycles. The predicted octanol–water partition coefficient (Wildman–Crippen LogP) is 4.82. The summed E-state index contributed by atoms with van der Waals surface area (Å²) in [4.78, 5) is 0. The van der Waals surface area contributed by atoms with Gasteiger partial charge in [-0.3, -0.25) is 0 Å². The van der Waals surface area contributed by atoms with Crippen LogP contribution in [0.15, 0.2) is 18.2 Å². The van der Waals surface area contributed by atoms with Gasteiger partial charge in [0.25, 0.3) is 0 Å². The molecule has 0 bridgehead atoms. The van der Waals surface area contributed by atoms with Gasteiger partial charge in [0.05, 0.1) is 11.6 Å². The van der Waals surface area contributed by atoms with Crippen molar-refractivity contribution in [2.45, 2.75) is 58.9 Å². The van der Waals surface area contributed by atoms with Crippen molar-refractivity contribution in [1.82, 2.24) is 0 Å². The lowest BCUT2D eigenvalue weighted by Crippen LogP contribution is -2.19. The first kappa shape index (κ1) is 17.3. The van der Waals surface area contributed by atoms with Gasteiger partial charge in [-0.25, -0.2) is 0 Å².